The van der Waals surface area contributed by atoms with E-state index in [0.29, 0.717) is 25.2 Å². The number of nitrogens with one attached hydrogen (secondary N) is 2. The Kier molecular flexibility index (Phi) is 7.08. The number of nitriles is 1. The highest BCUT2D eigenvalue weighted by atomic mass is 16.5. The fourth-order valence-electron chi connectivity index (χ4n) is 2.76. The first-order valence-electron chi connectivity index (χ1n) is 8.53. The molecule has 7 nitrogen and oxygen atoms in total. The normalized spacial score (nSPS) is 15.4. The molecule has 25 heavy (non-hydrogen) atoms. The van der Waals surface area contributed by atoms with E-state index in [-0.39, 0.29) is 12.1 Å². The molecule has 0 aromatic heterocycles. The Morgan fingerprint density at radius 3 is 2.84 bits per heavy atom. The Balaban J connectivity index is 1.92. The quantitative estimate of drug-likeness (QED) is 0.643. The first kappa shape index (κ1) is 18.6. The number of benzene rings is 1. The molecule has 0 saturated carbocycles. The van der Waals surface area contributed by atoms with Crippen molar-refractivity contribution in [2.24, 2.45) is 4.99 Å². The minimum atomic E-state index is -0.267. The van der Waals surface area contributed by atoms with E-state index in [1.165, 1.54) is 7.11 Å². The topological polar surface area (TPSA) is 89.8 Å². The number of nitrogens with zero attached hydrogens (tertiary/aromatic N) is 3. The van der Waals surface area contributed by atoms with Crippen molar-refractivity contribution in [3.05, 3.63) is 35.4 Å². The fourth-order valence-corrected chi connectivity index (χ4v) is 2.76. The molecule has 0 atom stereocenters. The van der Waals surface area contributed by atoms with Gasteiger partial charge in [-0.1, -0.05) is 12.1 Å². The van der Waals surface area contributed by atoms with Crippen LogP contribution in [0.5, 0.6) is 0 Å². The molecular formula is C18H25N5O2. The monoisotopic (exact) mass is 343 g/mol. The lowest BCUT2D eigenvalue weighted by molar-refractivity contribution is 0.111. The number of aliphatic imine (C=N–C) groups is 1. The summed E-state index contributed by atoms with van der Waals surface area (Å²) >= 11 is 0. The van der Waals surface area contributed by atoms with Crippen molar-refractivity contribution in [2.75, 3.05) is 26.7 Å². The summed E-state index contributed by atoms with van der Waals surface area (Å²) in [5.41, 5.74) is 1.64. The Bertz CT molecular complexity index is 645. The maximum absolute atomic E-state index is 11.5. The maximum atomic E-state index is 11.5. The summed E-state index contributed by atoms with van der Waals surface area (Å²) in [4.78, 5) is 17.9. The number of hydrogen-bond acceptors (Lipinski definition) is 4. The summed E-state index contributed by atoms with van der Waals surface area (Å²) in [6.45, 7) is 4.65. The number of carbonyl (C=O) groups is 1. The van der Waals surface area contributed by atoms with E-state index in [2.05, 4.69) is 21.7 Å². The minimum Gasteiger partial charge on any atom is -0.453 e. The van der Waals surface area contributed by atoms with E-state index in [1.807, 2.05) is 25.1 Å². The van der Waals surface area contributed by atoms with Crippen LogP contribution in [0.15, 0.2) is 29.3 Å². The van der Waals surface area contributed by atoms with Crippen molar-refractivity contribution < 1.29 is 9.53 Å². The molecule has 0 bridgehead atoms. The van der Waals surface area contributed by atoms with Gasteiger partial charge in [-0.15, -0.1) is 0 Å². The summed E-state index contributed by atoms with van der Waals surface area (Å²) in [7, 11) is 1.41. The Hall–Kier alpha value is -2.75. The standard InChI is InChI=1S/C18H25N5O2/c1-3-20-17(21-13-15-6-4-5-14(11-15)12-19)22-16-7-9-23(10-8-16)18(24)25-2/h4-6,11,16H,3,7-10,13H2,1-2H3,(H2,20,21,22). The second-order valence-electron chi connectivity index (χ2n) is 5.88. The van der Waals surface area contributed by atoms with Gasteiger partial charge in [0.1, 0.15) is 0 Å². The summed E-state index contributed by atoms with van der Waals surface area (Å²) < 4.78 is 4.76. The van der Waals surface area contributed by atoms with Gasteiger partial charge in [0.25, 0.3) is 0 Å². The van der Waals surface area contributed by atoms with Gasteiger partial charge >= 0.3 is 6.09 Å². The molecule has 0 spiro atoms. The third kappa shape index (κ3) is 5.68. The van der Waals surface area contributed by atoms with Crippen LogP contribution in [0.25, 0.3) is 0 Å². The zero-order chi connectivity index (χ0) is 18.1. The Morgan fingerprint density at radius 2 is 2.20 bits per heavy atom. The SMILES string of the molecule is CCNC(=NCc1cccc(C#N)c1)NC1CCN(C(=O)OC)CC1. The van der Waals surface area contributed by atoms with Crippen molar-refractivity contribution in [3.8, 4) is 6.07 Å². The van der Waals surface area contributed by atoms with Gasteiger partial charge in [-0.05, 0) is 37.5 Å². The second-order valence-corrected chi connectivity index (χ2v) is 5.88. The van der Waals surface area contributed by atoms with Gasteiger partial charge < -0.3 is 20.3 Å². The number of piperidine rings is 1. The number of guanidine groups is 1. The van der Waals surface area contributed by atoms with E-state index in [0.717, 1.165) is 30.9 Å². The van der Waals surface area contributed by atoms with Gasteiger partial charge in [-0.3, -0.25) is 0 Å². The molecule has 0 aliphatic carbocycles. The third-order valence-electron chi connectivity index (χ3n) is 4.09. The molecule has 1 aliphatic rings. The number of hydrogen-bond donors (Lipinski definition) is 2. The molecule has 1 aromatic carbocycles. The van der Waals surface area contributed by atoms with Gasteiger partial charge in [0.15, 0.2) is 5.96 Å². The highest BCUT2D eigenvalue weighted by Crippen LogP contribution is 2.11. The van der Waals surface area contributed by atoms with Crippen molar-refractivity contribution in [1.82, 2.24) is 15.5 Å². The van der Waals surface area contributed by atoms with Crippen LogP contribution in [-0.2, 0) is 11.3 Å². The van der Waals surface area contributed by atoms with E-state index in [4.69, 9.17) is 10.00 Å². The first-order valence-corrected chi connectivity index (χ1v) is 8.53. The predicted octanol–water partition coefficient (Wildman–Crippen LogP) is 1.84. The maximum Gasteiger partial charge on any atom is 0.409 e. The number of methoxy groups -OCH3 is 1. The molecule has 0 unspecified atom stereocenters. The second kappa shape index (κ2) is 9.52. The molecule has 134 valence electrons. The fraction of sp³-hybridized carbons (Fsp3) is 0.500. The van der Waals surface area contributed by atoms with Gasteiger partial charge in [-0.25, -0.2) is 9.79 Å². The third-order valence-corrected chi connectivity index (χ3v) is 4.09. The lowest BCUT2D eigenvalue weighted by Gasteiger charge is -2.32. The molecule has 1 heterocycles. The largest absolute Gasteiger partial charge is 0.453 e. The van der Waals surface area contributed by atoms with Crippen molar-refractivity contribution >= 4 is 12.1 Å². The van der Waals surface area contributed by atoms with Crippen LogP contribution in [0, 0.1) is 11.3 Å². The molecule has 1 aliphatic heterocycles. The lowest BCUT2D eigenvalue weighted by atomic mass is 10.1. The van der Waals surface area contributed by atoms with Crippen LogP contribution < -0.4 is 10.6 Å². The summed E-state index contributed by atoms with van der Waals surface area (Å²) in [5.74, 6) is 0.751. The van der Waals surface area contributed by atoms with Crippen LogP contribution in [0.3, 0.4) is 0 Å². The number of rotatable bonds is 4. The highest BCUT2D eigenvalue weighted by Gasteiger charge is 2.23. The molecule has 2 N–H and O–H groups in total. The molecule has 1 aromatic rings. The van der Waals surface area contributed by atoms with E-state index >= 15 is 0 Å². The zero-order valence-electron chi connectivity index (χ0n) is 14.8. The summed E-state index contributed by atoms with van der Waals surface area (Å²) in [6.07, 6.45) is 1.43. The molecule has 2 rings (SSSR count). The summed E-state index contributed by atoms with van der Waals surface area (Å²) in [6, 6.07) is 9.87. The van der Waals surface area contributed by atoms with Crippen LogP contribution in [-0.4, -0.2) is 49.7 Å². The van der Waals surface area contributed by atoms with Crippen molar-refractivity contribution in [2.45, 2.75) is 32.4 Å². The van der Waals surface area contributed by atoms with Crippen molar-refractivity contribution in [1.29, 1.82) is 5.26 Å². The highest BCUT2D eigenvalue weighted by molar-refractivity contribution is 5.80. The Morgan fingerprint density at radius 1 is 1.44 bits per heavy atom. The van der Waals surface area contributed by atoms with Crippen LogP contribution >= 0.6 is 0 Å². The van der Waals surface area contributed by atoms with Gasteiger partial charge in [0, 0.05) is 25.7 Å². The number of ether oxygens (including phenoxy) is 1. The summed E-state index contributed by atoms with van der Waals surface area (Å²) in [5, 5.41) is 15.6. The van der Waals surface area contributed by atoms with Gasteiger partial charge in [0.2, 0.25) is 0 Å². The zero-order valence-corrected chi connectivity index (χ0v) is 14.8. The minimum absolute atomic E-state index is 0.267. The Labute approximate surface area is 148 Å². The molecular weight excluding hydrogens is 318 g/mol. The van der Waals surface area contributed by atoms with E-state index < -0.39 is 0 Å². The van der Waals surface area contributed by atoms with E-state index in [9.17, 15) is 4.79 Å². The van der Waals surface area contributed by atoms with Crippen molar-refractivity contribution in [3.63, 3.8) is 0 Å². The van der Waals surface area contributed by atoms with Gasteiger partial charge in [-0.2, -0.15) is 5.26 Å². The lowest BCUT2D eigenvalue weighted by Crippen LogP contribution is -2.49. The first-order chi connectivity index (χ1) is 12.2. The smallest absolute Gasteiger partial charge is 0.409 e. The molecule has 1 fully saturated rings. The van der Waals surface area contributed by atoms with E-state index in [1.54, 1.807) is 11.0 Å². The van der Waals surface area contributed by atoms with Crippen LogP contribution in [0.2, 0.25) is 0 Å². The molecule has 7 heteroatoms. The molecule has 1 saturated heterocycles. The number of likely N-dealkylation sites (tertiary alicyclic amines) is 1. The van der Waals surface area contributed by atoms with Crippen LogP contribution in [0.1, 0.15) is 30.9 Å². The molecule has 1 amide bonds. The molecule has 0 radical (unpaired) electrons. The number of amides is 1. The average molecular weight is 343 g/mol. The van der Waals surface area contributed by atoms with Crippen LogP contribution in [0.4, 0.5) is 4.79 Å². The number of carbonyl (C=O) groups excluding carboxylic acids is 1. The average Bonchev–Trinajstić information content (AvgIpc) is 2.66. The predicted molar refractivity (Wildman–Crippen MR) is 96.1 cm³/mol. The van der Waals surface area contributed by atoms with Gasteiger partial charge in [0.05, 0.1) is 25.3 Å².